The van der Waals surface area contributed by atoms with Gasteiger partial charge in [-0.1, -0.05) is 6.92 Å². The van der Waals surface area contributed by atoms with Gasteiger partial charge in [-0.25, -0.2) is 4.79 Å². The molecule has 0 aliphatic carbocycles. The van der Waals surface area contributed by atoms with Crippen LogP contribution in [0.25, 0.3) is 0 Å². The fourth-order valence-corrected chi connectivity index (χ4v) is 1.46. The monoisotopic (exact) mass is 349 g/mol. The lowest BCUT2D eigenvalue weighted by Gasteiger charge is -2.03. The average molecular weight is 349 g/mol. The van der Waals surface area contributed by atoms with Gasteiger partial charge in [-0.15, -0.1) is 5.10 Å². The molecule has 0 bridgehead atoms. The number of carbonyl (C=O) groups is 2. The third kappa shape index (κ3) is 6.79. The van der Waals surface area contributed by atoms with Gasteiger partial charge in [-0.2, -0.15) is 4.68 Å². The van der Waals surface area contributed by atoms with Crippen molar-refractivity contribution < 1.29 is 19.2 Å². The zero-order valence-electron chi connectivity index (χ0n) is 14.1. The van der Waals surface area contributed by atoms with Gasteiger partial charge in [-0.3, -0.25) is 14.9 Å². The summed E-state index contributed by atoms with van der Waals surface area (Å²) in [5.41, 5.74) is -0.109. The van der Waals surface area contributed by atoms with E-state index in [9.17, 15) is 19.7 Å². The Hall–Kier alpha value is -3.27. The molecule has 1 amide bonds. The molecule has 1 aromatic carbocycles. The number of hydrogen-bond acceptors (Lipinski definition) is 7. The second-order valence-corrected chi connectivity index (χ2v) is 4.65. The Bertz CT molecular complexity index is 724. The summed E-state index contributed by atoms with van der Waals surface area (Å²) in [6.45, 7) is 4.45. The van der Waals surface area contributed by atoms with Crippen LogP contribution < -0.4 is 15.4 Å². The van der Waals surface area contributed by atoms with E-state index in [4.69, 9.17) is 4.74 Å². The van der Waals surface area contributed by atoms with Gasteiger partial charge in [-0.05, 0) is 25.7 Å². The molecule has 0 spiro atoms. The van der Waals surface area contributed by atoms with Gasteiger partial charge in [0.25, 0.3) is 5.69 Å². The molecular weight excluding hydrogens is 330 g/mol. The predicted octanol–water partition coefficient (Wildman–Crippen LogP) is 2.02. The summed E-state index contributed by atoms with van der Waals surface area (Å²) in [5.74, 6) is 0.0364. The number of anilines is 1. The number of hydrogen-bond donors (Lipinski definition) is 2. The molecule has 10 heteroatoms. The first-order valence-corrected chi connectivity index (χ1v) is 7.31. The molecule has 134 valence electrons. The average Bonchev–Trinajstić information content (AvgIpc) is 3.03. The molecule has 0 atom stereocenters. The number of rotatable bonds is 4. The molecule has 2 rings (SSSR count). The van der Waals surface area contributed by atoms with E-state index in [0.717, 1.165) is 11.2 Å². The number of aromatic nitrogens is 2. The minimum absolute atomic E-state index is 0.109. The van der Waals surface area contributed by atoms with Crippen molar-refractivity contribution in [2.24, 2.45) is 0 Å². The summed E-state index contributed by atoms with van der Waals surface area (Å²) in [7, 11) is 1.93. The van der Waals surface area contributed by atoms with Gasteiger partial charge in [0.15, 0.2) is 5.82 Å². The van der Waals surface area contributed by atoms with Crippen molar-refractivity contribution in [3.05, 3.63) is 46.6 Å². The van der Waals surface area contributed by atoms with Gasteiger partial charge in [0.1, 0.15) is 5.75 Å². The Morgan fingerprint density at radius 3 is 2.36 bits per heavy atom. The number of carbonyl (C=O) groups excluding carboxylic acids is 2. The Labute approximate surface area is 143 Å². The van der Waals surface area contributed by atoms with E-state index in [-0.39, 0.29) is 23.2 Å². The van der Waals surface area contributed by atoms with E-state index in [1.165, 1.54) is 43.5 Å². The Morgan fingerprint density at radius 2 is 1.88 bits per heavy atom. The highest BCUT2D eigenvalue weighted by molar-refractivity contribution is 5.87. The maximum Gasteiger partial charge on any atom is 0.440 e. The van der Waals surface area contributed by atoms with E-state index in [1.807, 2.05) is 7.05 Å². The molecular formula is C15H19N5O5. The fraction of sp³-hybridized carbons (Fsp3) is 0.267. The van der Waals surface area contributed by atoms with Crippen molar-refractivity contribution in [1.82, 2.24) is 15.1 Å². The predicted molar refractivity (Wildman–Crippen MR) is 90.6 cm³/mol. The second-order valence-electron chi connectivity index (χ2n) is 4.65. The molecule has 0 aliphatic heterocycles. The number of ether oxygens (including phenoxy) is 1. The zero-order valence-corrected chi connectivity index (χ0v) is 14.1. The quantitative estimate of drug-likeness (QED) is 0.638. The number of non-ortho nitro benzene ring substituents is 1. The normalized spacial score (nSPS) is 9.56. The first-order valence-electron chi connectivity index (χ1n) is 7.31. The summed E-state index contributed by atoms with van der Waals surface area (Å²) in [6.07, 6.45) is 0.513. The number of nitro groups is 1. The summed E-state index contributed by atoms with van der Waals surface area (Å²) in [4.78, 5) is 32.5. The van der Waals surface area contributed by atoms with Crippen molar-refractivity contribution in [3.8, 4) is 5.75 Å². The van der Waals surface area contributed by atoms with Crippen LogP contribution in [0.2, 0.25) is 0 Å². The topological polar surface area (TPSA) is 128 Å². The number of amides is 1. The standard InChI is InChI=1S/C12H10N4O5.C3H9N/c1-8(17)13-11-6-7-15(14-11)12(18)21-10-4-2-9(3-5-10)16(19)20;1-3-4-2/h2-7H,1H3,(H,13,14,17);4H,3H2,1-2H3. The Balaban J connectivity index is 0.000000705. The van der Waals surface area contributed by atoms with Crippen LogP contribution in [0.1, 0.15) is 13.8 Å². The van der Waals surface area contributed by atoms with Gasteiger partial charge in [0.2, 0.25) is 5.91 Å². The smallest absolute Gasteiger partial charge is 0.409 e. The van der Waals surface area contributed by atoms with Crippen molar-refractivity contribution in [2.75, 3.05) is 18.9 Å². The van der Waals surface area contributed by atoms with Crippen LogP contribution in [0.15, 0.2) is 36.5 Å². The molecule has 0 saturated carbocycles. The number of benzene rings is 1. The van der Waals surface area contributed by atoms with Crippen molar-refractivity contribution in [3.63, 3.8) is 0 Å². The highest BCUT2D eigenvalue weighted by Gasteiger charge is 2.11. The summed E-state index contributed by atoms with van der Waals surface area (Å²) >= 11 is 0. The highest BCUT2D eigenvalue weighted by atomic mass is 16.6. The third-order valence-electron chi connectivity index (χ3n) is 2.69. The zero-order chi connectivity index (χ0) is 18.8. The lowest BCUT2D eigenvalue weighted by Crippen LogP contribution is -2.18. The van der Waals surface area contributed by atoms with Crippen LogP contribution in [0.5, 0.6) is 5.75 Å². The molecule has 25 heavy (non-hydrogen) atoms. The third-order valence-corrected chi connectivity index (χ3v) is 2.69. The first-order chi connectivity index (χ1) is 11.9. The van der Waals surface area contributed by atoms with E-state index in [1.54, 1.807) is 0 Å². The van der Waals surface area contributed by atoms with Crippen LogP contribution in [-0.2, 0) is 4.79 Å². The molecule has 0 unspecified atom stereocenters. The van der Waals surface area contributed by atoms with Crippen LogP contribution in [0.4, 0.5) is 16.3 Å². The van der Waals surface area contributed by atoms with E-state index >= 15 is 0 Å². The molecule has 0 fully saturated rings. The number of nitro benzene ring substituents is 1. The summed E-state index contributed by atoms with van der Waals surface area (Å²) in [5, 5.41) is 19.6. The van der Waals surface area contributed by atoms with Crippen molar-refractivity contribution >= 4 is 23.5 Å². The first kappa shape index (κ1) is 19.8. The summed E-state index contributed by atoms with van der Waals surface area (Å²) in [6, 6.07) is 6.46. The van der Waals surface area contributed by atoms with Gasteiger partial charge >= 0.3 is 6.09 Å². The fourth-order valence-electron chi connectivity index (χ4n) is 1.46. The van der Waals surface area contributed by atoms with Crippen LogP contribution in [0, 0.1) is 10.1 Å². The molecule has 10 nitrogen and oxygen atoms in total. The number of nitrogens with one attached hydrogen (secondary N) is 2. The lowest BCUT2D eigenvalue weighted by atomic mass is 10.3. The second kappa shape index (κ2) is 9.78. The molecule has 0 saturated heterocycles. The minimum Gasteiger partial charge on any atom is -0.409 e. The van der Waals surface area contributed by atoms with Crippen molar-refractivity contribution in [2.45, 2.75) is 13.8 Å². The number of nitrogens with zero attached hydrogens (tertiary/aromatic N) is 3. The van der Waals surface area contributed by atoms with Gasteiger partial charge in [0, 0.05) is 31.3 Å². The Morgan fingerprint density at radius 1 is 1.28 bits per heavy atom. The highest BCUT2D eigenvalue weighted by Crippen LogP contribution is 2.17. The van der Waals surface area contributed by atoms with Crippen LogP contribution in [-0.4, -0.2) is 40.3 Å². The lowest BCUT2D eigenvalue weighted by molar-refractivity contribution is -0.384. The summed E-state index contributed by atoms with van der Waals surface area (Å²) < 4.78 is 5.88. The largest absolute Gasteiger partial charge is 0.440 e. The van der Waals surface area contributed by atoms with Crippen molar-refractivity contribution in [1.29, 1.82) is 0 Å². The molecule has 0 aliphatic rings. The SMILES string of the molecule is CC(=O)Nc1ccn(C(=O)Oc2ccc([N+](=O)[O-])cc2)n1.CCNC. The molecule has 1 heterocycles. The maximum absolute atomic E-state index is 11.8. The van der Waals surface area contributed by atoms with E-state index in [0.29, 0.717) is 0 Å². The molecule has 0 radical (unpaired) electrons. The molecule has 2 N–H and O–H groups in total. The Kier molecular flexibility index (Phi) is 7.73. The van der Waals surface area contributed by atoms with E-state index in [2.05, 4.69) is 22.7 Å². The minimum atomic E-state index is -0.805. The maximum atomic E-state index is 11.8. The molecule has 2 aromatic rings. The van der Waals surface area contributed by atoms with Crippen LogP contribution >= 0.6 is 0 Å². The van der Waals surface area contributed by atoms with E-state index < -0.39 is 11.0 Å². The van der Waals surface area contributed by atoms with Gasteiger partial charge in [0.05, 0.1) is 4.92 Å². The van der Waals surface area contributed by atoms with Crippen LogP contribution in [0.3, 0.4) is 0 Å². The van der Waals surface area contributed by atoms with Gasteiger partial charge < -0.3 is 15.4 Å². The molecule has 1 aromatic heterocycles.